The van der Waals surface area contributed by atoms with Gasteiger partial charge in [-0.2, -0.15) is 0 Å². The molecular weight excluding hydrogens is 215 g/mol. The molecule has 0 radical (unpaired) electrons. The van der Waals surface area contributed by atoms with Crippen LogP contribution in [0.4, 0.5) is 4.39 Å². The standard InChI is InChI=1S/C14H17FN2/c1-11-2-3-14(15)8-13(11)10-17-7-5-12(9-17)4-6-16/h2-3,5,7-9H,4,6,10,16H2,1H3. The Hall–Kier alpha value is -1.61. The molecule has 0 unspecified atom stereocenters. The maximum atomic E-state index is 13.2. The summed E-state index contributed by atoms with van der Waals surface area (Å²) in [5.41, 5.74) is 8.86. The summed E-state index contributed by atoms with van der Waals surface area (Å²) >= 11 is 0. The van der Waals surface area contributed by atoms with Gasteiger partial charge in [0.05, 0.1) is 0 Å². The van der Waals surface area contributed by atoms with Crippen LogP contribution in [0.25, 0.3) is 0 Å². The van der Waals surface area contributed by atoms with Gasteiger partial charge in [0.25, 0.3) is 0 Å². The van der Waals surface area contributed by atoms with E-state index in [0.29, 0.717) is 13.1 Å². The van der Waals surface area contributed by atoms with Gasteiger partial charge in [-0.15, -0.1) is 0 Å². The number of nitrogens with two attached hydrogens (primary N) is 1. The Morgan fingerprint density at radius 3 is 2.88 bits per heavy atom. The summed E-state index contributed by atoms with van der Waals surface area (Å²) in [6.45, 7) is 3.36. The van der Waals surface area contributed by atoms with Crippen molar-refractivity contribution in [2.75, 3.05) is 6.54 Å². The van der Waals surface area contributed by atoms with Gasteiger partial charge in [-0.05, 0) is 54.8 Å². The molecule has 2 aromatic rings. The van der Waals surface area contributed by atoms with Gasteiger partial charge in [0.1, 0.15) is 5.82 Å². The molecule has 0 bridgehead atoms. The lowest BCUT2D eigenvalue weighted by atomic mass is 10.1. The van der Waals surface area contributed by atoms with Gasteiger partial charge in [0, 0.05) is 18.9 Å². The molecule has 0 fully saturated rings. The zero-order valence-electron chi connectivity index (χ0n) is 9.99. The highest BCUT2D eigenvalue weighted by atomic mass is 19.1. The Balaban J connectivity index is 2.16. The molecule has 17 heavy (non-hydrogen) atoms. The molecule has 2 rings (SSSR count). The van der Waals surface area contributed by atoms with Crippen molar-refractivity contribution in [2.24, 2.45) is 5.73 Å². The van der Waals surface area contributed by atoms with Crippen LogP contribution in [0.5, 0.6) is 0 Å². The first kappa shape index (κ1) is 11.9. The number of halogens is 1. The van der Waals surface area contributed by atoms with E-state index in [-0.39, 0.29) is 5.82 Å². The lowest BCUT2D eigenvalue weighted by molar-refractivity contribution is 0.622. The predicted molar refractivity (Wildman–Crippen MR) is 67.4 cm³/mol. The lowest BCUT2D eigenvalue weighted by Gasteiger charge is -2.07. The first-order chi connectivity index (χ1) is 8.19. The molecule has 0 amide bonds. The van der Waals surface area contributed by atoms with Gasteiger partial charge < -0.3 is 10.3 Å². The molecule has 2 nitrogen and oxygen atoms in total. The van der Waals surface area contributed by atoms with Crippen LogP contribution >= 0.6 is 0 Å². The van der Waals surface area contributed by atoms with Crippen molar-refractivity contribution in [1.29, 1.82) is 0 Å². The van der Waals surface area contributed by atoms with E-state index in [1.165, 1.54) is 11.6 Å². The molecule has 1 aromatic carbocycles. The normalized spacial score (nSPS) is 10.8. The number of nitrogens with zero attached hydrogens (tertiary/aromatic N) is 1. The quantitative estimate of drug-likeness (QED) is 0.862. The monoisotopic (exact) mass is 232 g/mol. The smallest absolute Gasteiger partial charge is 0.123 e. The molecule has 0 saturated heterocycles. The van der Waals surface area contributed by atoms with Crippen LogP contribution in [0.1, 0.15) is 16.7 Å². The summed E-state index contributed by atoms with van der Waals surface area (Å²) in [7, 11) is 0. The van der Waals surface area contributed by atoms with E-state index >= 15 is 0 Å². The maximum Gasteiger partial charge on any atom is 0.123 e. The van der Waals surface area contributed by atoms with E-state index < -0.39 is 0 Å². The second-order valence-electron chi connectivity index (χ2n) is 4.30. The van der Waals surface area contributed by atoms with Crippen molar-refractivity contribution < 1.29 is 4.39 Å². The second kappa shape index (κ2) is 5.15. The average Bonchev–Trinajstić information content (AvgIpc) is 2.72. The van der Waals surface area contributed by atoms with Crippen molar-refractivity contribution in [3.63, 3.8) is 0 Å². The van der Waals surface area contributed by atoms with Crippen LogP contribution in [0, 0.1) is 12.7 Å². The van der Waals surface area contributed by atoms with Crippen LogP contribution in [0.15, 0.2) is 36.7 Å². The molecule has 0 aliphatic rings. The Kier molecular flexibility index (Phi) is 3.59. The Morgan fingerprint density at radius 2 is 2.12 bits per heavy atom. The fraction of sp³-hybridized carbons (Fsp3) is 0.286. The van der Waals surface area contributed by atoms with Gasteiger partial charge in [0.2, 0.25) is 0 Å². The minimum Gasteiger partial charge on any atom is -0.350 e. The van der Waals surface area contributed by atoms with Crippen molar-refractivity contribution >= 4 is 0 Å². The molecule has 2 N–H and O–H groups in total. The van der Waals surface area contributed by atoms with Gasteiger partial charge >= 0.3 is 0 Å². The largest absolute Gasteiger partial charge is 0.350 e. The second-order valence-corrected chi connectivity index (χ2v) is 4.30. The summed E-state index contributed by atoms with van der Waals surface area (Å²) in [6, 6.07) is 6.96. The van der Waals surface area contributed by atoms with E-state index in [0.717, 1.165) is 17.5 Å². The maximum absolute atomic E-state index is 13.2. The number of rotatable bonds is 4. The Morgan fingerprint density at radius 1 is 1.29 bits per heavy atom. The van der Waals surface area contributed by atoms with E-state index in [4.69, 9.17) is 5.73 Å². The van der Waals surface area contributed by atoms with Crippen molar-refractivity contribution in [3.8, 4) is 0 Å². The molecule has 1 aromatic heterocycles. The van der Waals surface area contributed by atoms with Crippen LogP contribution in [0.3, 0.4) is 0 Å². The fourth-order valence-electron chi connectivity index (χ4n) is 1.91. The summed E-state index contributed by atoms with van der Waals surface area (Å²) < 4.78 is 15.2. The molecule has 0 aliphatic heterocycles. The summed E-state index contributed by atoms with van der Waals surface area (Å²) in [4.78, 5) is 0. The van der Waals surface area contributed by atoms with Crippen LogP contribution < -0.4 is 5.73 Å². The minimum atomic E-state index is -0.181. The van der Waals surface area contributed by atoms with E-state index in [1.807, 2.05) is 19.2 Å². The fourth-order valence-corrected chi connectivity index (χ4v) is 1.91. The van der Waals surface area contributed by atoms with Crippen LogP contribution in [-0.4, -0.2) is 11.1 Å². The number of hydrogen-bond donors (Lipinski definition) is 1. The molecule has 1 heterocycles. The highest BCUT2D eigenvalue weighted by molar-refractivity contribution is 5.27. The average molecular weight is 232 g/mol. The van der Waals surface area contributed by atoms with Gasteiger partial charge in [0.15, 0.2) is 0 Å². The molecule has 0 spiro atoms. The topological polar surface area (TPSA) is 30.9 Å². The minimum absolute atomic E-state index is 0.181. The number of aromatic nitrogens is 1. The third kappa shape index (κ3) is 2.94. The molecule has 90 valence electrons. The molecule has 0 saturated carbocycles. The van der Waals surface area contributed by atoms with Crippen LogP contribution in [0.2, 0.25) is 0 Å². The SMILES string of the molecule is Cc1ccc(F)cc1Cn1ccc(CCN)c1. The molecule has 3 heteroatoms. The van der Waals surface area contributed by atoms with Gasteiger partial charge in [-0.25, -0.2) is 4.39 Å². The number of benzene rings is 1. The van der Waals surface area contributed by atoms with E-state index in [9.17, 15) is 4.39 Å². The molecule has 0 aliphatic carbocycles. The first-order valence-corrected chi connectivity index (χ1v) is 5.79. The number of hydrogen-bond acceptors (Lipinski definition) is 1. The zero-order valence-corrected chi connectivity index (χ0v) is 9.99. The summed E-state index contributed by atoms with van der Waals surface area (Å²) in [5.74, 6) is -0.181. The molecule has 0 atom stereocenters. The first-order valence-electron chi connectivity index (χ1n) is 5.79. The third-order valence-corrected chi connectivity index (χ3v) is 2.91. The van der Waals surface area contributed by atoms with Crippen molar-refractivity contribution in [2.45, 2.75) is 19.9 Å². The van der Waals surface area contributed by atoms with E-state index in [2.05, 4.69) is 16.8 Å². The predicted octanol–water partition coefficient (Wildman–Crippen LogP) is 2.49. The third-order valence-electron chi connectivity index (χ3n) is 2.91. The number of aryl methyl sites for hydroxylation is 1. The lowest BCUT2D eigenvalue weighted by Crippen LogP contribution is -2.02. The van der Waals surface area contributed by atoms with Gasteiger partial charge in [-0.1, -0.05) is 6.07 Å². The summed E-state index contributed by atoms with van der Waals surface area (Å²) in [5, 5.41) is 0. The Labute approximate surface area is 101 Å². The van der Waals surface area contributed by atoms with Gasteiger partial charge in [-0.3, -0.25) is 0 Å². The van der Waals surface area contributed by atoms with Crippen molar-refractivity contribution in [3.05, 3.63) is 59.2 Å². The zero-order chi connectivity index (χ0) is 12.3. The highest BCUT2D eigenvalue weighted by Crippen LogP contribution is 2.13. The molecular formula is C14H17FN2. The Bertz CT molecular complexity index is 503. The van der Waals surface area contributed by atoms with Crippen LogP contribution in [-0.2, 0) is 13.0 Å². The van der Waals surface area contributed by atoms with Crippen molar-refractivity contribution in [1.82, 2.24) is 4.57 Å². The summed E-state index contributed by atoms with van der Waals surface area (Å²) in [6.07, 6.45) is 4.96. The van der Waals surface area contributed by atoms with E-state index in [1.54, 1.807) is 6.07 Å². The highest BCUT2D eigenvalue weighted by Gasteiger charge is 2.02.